The number of nitro groups is 1. The van der Waals surface area contributed by atoms with Crippen molar-refractivity contribution < 1.29 is 14.1 Å². The van der Waals surface area contributed by atoms with Crippen molar-refractivity contribution in [2.45, 2.75) is 6.92 Å². The van der Waals surface area contributed by atoms with Gasteiger partial charge >= 0.3 is 0 Å². The second-order valence-electron chi connectivity index (χ2n) is 3.80. The largest absolute Gasteiger partial charge is 0.370 e. The van der Waals surface area contributed by atoms with Gasteiger partial charge in [0.05, 0.1) is 15.9 Å². The molecular formula is C11H13BrFN3O3. The molecule has 0 atom stereocenters. The first-order valence-electron chi connectivity index (χ1n) is 5.48. The summed E-state index contributed by atoms with van der Waals surface area (Å²) in [5, 5.41) is 13.4. The number of hydrogen-bond acceptors (Lipinski definition) is 4. The maximum absolute atomic E-state index is 13.4. The van der Waals surface area contributed by atoms with Gasteiger partial charge in [0.25, 0.3) is 5.69 Å². The molecule has 104 valence electrons. The van der Waals surface area contributed by atoms with Crippen molar-refractivity contribution in [2.24, 2.45) is 0 Å². The fourth-order valence-electron chi connectivity index (χ4n) is 1.31. The lowest BCUT2D eigenvalue weighted by Crippen LogP contribution is -2.32. The van der Waals surface area contributed by atoms with E-state index in [4.69, 9.17) is 0 Å². The van der Waals surface area contributed by atoms with E-state index in [1.165, 1.54) is 4.90 Å². The summed E-state index contributed by atoms with van der Waals surface area (Å²) in [7, 11) is 1.61. The van der Waals surface area contributed by atoms with E-state index in [9.17, 15) is 19.3 Å². The van der Waals surface area contributed by atoms with Crippen LogP contribution in [-0.4, -0.2) is 35.9 Å². The highest BCUT2D eigenvalue weighted by atomic mass is 79.9. The number of nitrogens with one attached hydrogen (secondary N) is 1. The van der Waals surface area contributed by atoms with Gasteiger partial charge in [-0.1, -0.05) is 0 Å². The Balaban J connectivity index is 2.91. The third-order valence-corrected chi connectivity index (χ3v) is 3.17. The predicted octanol–water partition coefficient (Wildman–Crippen LogP) is 2.39. The number of nitro benzene ring substituents is 1. The average Bonchev–Trinajstić information content (AvgIpc) is 2.37. The molecule has 0 fully saturated rings. The molecule has 0 heterocycles. The van der Waals surface area contributed by atoms with Gasteiger partial charge in [-0.05, 0) is 22.9 Å². The van der Waals surface area contributed by atoms with Gasteiger partial charge in [-0.3, -0.25) is 14.9 Å². The number of rotatable bonds is 5. The molecule has 0 saturated heterocycles. The van der Waals surface area contributed by atoms with E-state index in [1.54, 1.807) is 14.0 Å². The van der Waals surface area contributed by atoms with Crippen molar-refractivity contribution in [1.82, 2.24) is 4.90 Å². The third kappa shape index (κ3) is 3.88. The van der Waals surface area contributed by atoms with Crippen LogP contribution in [0.3, 0.4) is 0 Å². The summed E-state index contributed by atoms with van der Waals surface area (Å²) in [6, 6.07) is 2.05. The maximum atomic E-state index is 13.4. The number of anilines is 1. The van der Waals surface area contributed by atoms with Gasteiger partial charge in [-0.25, -0.2) is 4.39 Å². The predicted molar refractivity (Wildman–Crippen MR) is 72.6 cm³/mol. The van der Waals surface area contributed by atoms with Crippen molar-refractivity contribution in [1.29, 1.82) is 0 Å². The molecule has 1 N–H and O–H groups in total. The van der Waals surface area contributed by atoms with E-state index in [-0.39, 0.29) is 28.3 Å². The molecular weight excluding hydrogens is 321 g/mol. The Kier molecular flexibility index (Phi) is 5.22. The smallest absolute Gasteiger partial charge is 0.293 e. The zero-order chi connectivity index (χ0) is 14.6. The van der Waals surface area contributed by atoms with Gasteiger partial charge in [0, 0.05) is 25.7 Å². The van der Waals surface area contributed by atoms with Crippen molar-refractivity contribution in [3.8, 4) is 0 Å². The molecule has 1 rings (SSSR count). The number of nitrogens with zero attached hydrogens (tertiary/aromatic N) is 2. The van der Waals surface area contributed by atoms with Crippen LogP contribution < -0.4 is 5.32 Å². The standard InChI is InChI=1S/C11H13BrFN3O3/c1-3-15(2)11(17)6-14-9-5-8(13)7(12)4-10(9)16(18)19/h4-5,14H,3,6H2,1-2H3. The lowest BCUT2D eigenvalue weighted by molar-refractivity contribution is -0.384. The normalized spacial score (nSPS) is 10.1. The Morgan fingerprint density at radius 1 is 1.58 bits per heavy atom. The first-order chi connectivity index (χ1) is 8.86. The fraction of sp³-hybridized carbons (Fsp3) is 0.364. The van der Waals surface area contributed by atoms with Gasteiger partial charge < -0.3 is 10.2 Å². The van der Waals surface area contributed by atoms with E-state index in [1.807, 2.05) is 0 Å². The molecule has 0 bridgehead atoms. The summed E-state index contributed by atoms with van der Waals surface area (Å²) in [4.78, 5) is 23.2. The van der Waals surface area contributed by atoms with Crippen LogP contribution in [0.5, 0.6) is 0 Å². The molecule has 1 aromatic carbocycles. The number of halogens is 2. The summed E-state index contributed by atoms with van der Waals surface area (Å²) >= 11 is 2.88. The monoisotopic (exact) mass is 333 g/mol. The van der Waals surface area contributed by atoms with Crippen molar-refractivity contribution in [3.63, 3.8) is 0 Å². The minimum atomic E-state index is -0.638. The number of benzene rings is 1. The number of hydrogen-bond donors (Lipinski definition) is 1. The van der Waals surface area contributed by atoms with E-state index >= 15 is 0 Å². The molecule has 1 aromatic rings. The number of likely N-dealkylation sites (N-methyl/N-ethyl adjacent to an activating group) is 1. The molecule has 0 aliphatic rings. The summed E-state index contributed by atoms with van der Waals surface area (Å²) < 4.78 is 13.4. The zero-order valence-electron chi connectivity index (χ0n) is 10.4. The molecule has 0 aliphatic carbocycles. The summed E-state index contributed by atoms with van der Waals surface area (Å²) in [6.07, 6.45) is 0. The Morgan fingerprint density at radius 3 is 2.74 bits per heavy atom. The average molecular weight is 334 g/mol. The molecule has 6 nitrogen and oxygen atoms in total. The van der Waals surface area contributed by atoms with Crippen LogP contribution in [0.15, 0.2) is 16.6 Å². The van der Waals surface area contributed by atoms with Gasteiger partial charge in [0.2, 0.25) is 5.91 Å². The Hall–Kier alpha value is -1.70. The van der Waals surface area contributed by atoms with Crippen molar-refractivity contribution >= 4 is 33.2 Å². The SMILES string of the molecule is CCN(C)C(=O)CNc1cc(F)c(Br)cc1[N+](=O)[O-]. The highest BCUT2D eigenvalue weighted by Gasteiger charge is 2.18. The van der Waals surface area contributed by atoms with Crippen LogP contribution in [0.1, 0.15) is 6.92 Å². The first-order valence-corrected chi connectivity index (χ1v) is 6.27. The first kappa shape index (κ1) is 15.4. The molecule has 19 heavy (non-hydrogen) atoms. The van der Waals surface area contributed by atoms with E-state index in [0.717, 1.165) is 12.1 Å². The zero-order valence-corrected chi connectivity index (χ0v) is 12.0. The van der Waals surface area contributed by atoms with Gasteiger partial charge in [-0.2, -0.15) is 0 Å². The van der Waals surface area contributed by atoms with Gasteiger partial charge in [-0.15, -0.1) is 0 Å². The van der Waals surface area contributed by atoms with E-state index < -0.39 is 10.7 Å². The van der Waals surface area contributed by atoms with Crippen LogP contribution >= 0.6 is 15.9 Å². The molecule has 1 amide bonds. The van der Waals surface area contributed by atoms with E-state index in [0.29, 0.717) is 6.54 Å². The quantitative estimate of drug-likeness (QED) is 0.663. The molecule has 0 saturated carbocycles. The van der Waals surface area contributed by atoms with Crippen LogP contribution in [0.4, 0.5) is 15.8 Å². The Morgan fingerprint density at radius 2 is 2.21 bits per heavy atom. The lowest BCUT2D eigenvalue weighted by Gasteiger charge is -2.15. The second-order valence-corrected chi connectivity index (χ2v) is 4.66. The minimum absolute atomic E-state index is 0.00162. The molecule has 0 unspecified atom stereocenters. The molecule has 0 aliphatic heterocycles. The summed E-state index contributed by atoms with van der Waals surface area (Å²) in [5.74, 6) is -0.871. The number of amides is 1. The number of carbonyl (C=O) groups is 1. The molecule has 0 aromatic heterocycles. The third-order valence-electron chi connectivity index (χ3n) is 2.57. The van der Waals surface area contributed by atoms with Crippen LogP contribution in [0, 0.1) is 15.9 Å². The van der Waals surface area contributed by atoms with Crippen LogP contribution in [0.25, 0.3) is 0 Å². The molecule has 0 spiro atoms. The minimum Gasteiger partial charge on any atom is -0.370 e. The molecule has 8 heteroatoms. The maximum Gasteiger partial charge on any atom is 0.293 e. The fourth-order valence-corrected chi connectivity index (χ4v) is 1.64. The van der Waals surface area contributed by atoms with Crippen molar-refractivity contribution in [2.75, 3.05) is 25.5 Å². The second kappa shape index (κ2) is 6.46. The van der Waals surface area contributed by atoms with Crippen LogP contribution in [-0.2, 0) is 4.79 Å². The summed E-state index contributed by atoms with van der Waals surface area (Å²) in [6.45, 7) is 2.20. The molecule has 0 radical (unpaired) electrons. The van der Waals surface area contributed by atoms with Crippen molar-refractivity contribution in [3.05, 3.63) is 32.5 Å². The highest BCUT2D eigenvalue weighted by molar-refractivity contribution is 9.10. The lowest BCUT2D eigenvalue weighted by atomic mass is 10.2. The summed E-state index contributed by atoms with van der Waals surface area (Å²) in [5.41, 5.74) is -0.316. The Labute approximate surface area is 117 Å². The van der Waals surface area contributed by atoms with Gasteiger partial charge in [0.1, 0.15) is 11.5 Å². The Bertz CT molecular complexity index is 510. The van der Waals surface area contributed by atoms with E-state index in [2.05, 4.69) is 21.2 Å². The van der Waals surface area contributed by atoms with Gasteiger partial charge in [0.15, 0.2) is 0 Å². The van der Waals surface area contributed by atoms with Crippen LogP contribution in [0.2, 0.25) is 0 Å². The highest BCUT2D eigenvalue weighted by Crippen LogP contribution is 2.30. The number of carbonyl (C=O) groups excluding carboxylic acids is 1. The topological polar surface area (TPSA) is 75.5 Å².